The molecule has 1 amide bonds. The van der Waals surface area contributed by atoms with Crippen LogP contribution in [-0.4, -0.2) is 27.2 Å². The number of rotatable bonds is 5. The molecule has 3 N–H and O–H groups in total. The predicted octanol–water partition coefficient (Wildman–Crippen LogP) is 1.68. The average Bonchev–Trinajstić information content (AvgIpc) is 2.91. The van der Waals surface area contributed by atoms with E-state index in [2.05, 4.69) is 15.5 Å². The molecule has 98 valence electrons. The molecule has 1 heterocycles. The number of aromatic amines is 1. The molecule has 0 atom stereocenters. The number of anilines is 1. The second-order valence-electron chi connectivity index (χ2n) is 3.98. The quantitative estimate of drug-likeness (QED) is 0.761. The summed E-state index contributed by atoms with van der Waals surface area (Å²) in [5.41, 5.74) is 1.76. The molecule has 0 saturated carbocycles. The molecule has 0 spiro atoms. The fourth-order valence-corrected chi connectivity index (χ4v) is 1.67. The van der Waals surface area contributed by atoms with Crippen molar-refractivity contribution < 1.29 is 14.7 Å². The van der Waals surface area contributed by atoms with Crippen molar-refractivity contribution >= 4 is 17.6 Å². The third-order valence-electron chi connectivity index (χ3n) is 2.62. The van der Waals surface area contributed by atoms with Crippen LogP contribution in [0.4, 0.5) is 5.69 Å². The summed E-state index contributed by atoms with van der Waals surface area (Å²) < 4.78 is 0. The van der Waals surface area contributed by atoms with Crippen LogP contribution in [0.15, 0.2) is 36.5 Å². The maximum absolute atomic E-state index is 11.9. The molecule has 0 aliphatic carbocycles. The van der Waals surface area contributed by atoms with Gasteiger partial charge in [-0.1, -0.05) is 18.2 Å². The van der Waals surface area contributed by atoms with Gasteiger partial charge in [-0.25, -0.2) is 0 Å². The van der Waals surface area contributed by atoms with Gasteiger partial charge in [0.2, 0.25) is 0 Å². The van der Waals surface area contributed by atoms with Crippen molar-refractivity contribution in [1.29, 1.82) is 0 Å². The topological polar surface area (TPSA) is 95.1 Å². The van der Waals surface area contributed by atoms with E-state index in [0.29, 0.717) is 17.8 Å². The van der Waals surface area contributed by atoms with Crippen LogP contribution in [0.3, 0.4) is 0 Å². The molecule has 0 aliphatic rings. The summed E-state index contributed by atoms with van der Waals surface area (Å²) in [5.74, 6) is -1.17. The Morgan fingerprint density at radius 3 is 2.74 bits per heavy atom. The molecule has 2 aromatic rings. The number of nitrogens with zero attached hydrogens (tertiary/aromatic N) is 1. The Balaban J connectivity index is 2.11. The fraction of sp³-hybridized carbons (Fsp3) is 0.154. The Kier molecular flexibility index (Phi) is 3.92. The Labute approximate surface area is 109 Å². The van der Waals surface area contributed by atoms with Crippen molar-refractivity contribution in [3.8, 4) is 0 Å². The molecule has 0 bridgehead atoms. The Morgan fingerprint density at radius 1 is 1.26 bits per heavy atom. The number of hydrogen-bond acceptors (Lipinski definition) is 3. The molecular formula is C13H13N3O3. The molecule has 0 saturated heterocycles. The summed E-state index contributed by atoms with van der Waals surface area (Å²) in [5, 5.41) is 17.7. The fourth-order valence-electron chi connectivity index (χ4n) is 1.67. The molecule has 0 radical (unpaired) electrons. The van der Waals surface area contributed by atoms with Crippen LogP contribution in [0.1, 0.15) is 22.5 Å². The monoisotopic (exact) mass is 259 g/mol. The summed E-state index contributed by atoms with van der Waals surface area (Å²) in [4.78, 5) is 22.5. The zero-order chi connectivity index (χ0) is 13.7. The van der Waals surface area contributed by atoms with Crippen molar-refractivity contribution in [3.63, 3.8) is 0 Å². The second kappa shape index (κ2) is 5.81. The highest BCUT2D eigenvalue weighted by atomic mass is 16.4. The van der Waals surface area contributed by atoms with Crippen molar-refractivity contribution in [2.24, 2.45) is 0 Å². The van der Waals surface area contributed by atoms with E-state index < -0.39 is 5.97 Å². The summed E-state index contributed by atoms with van der Waals surface area (Å²) >= 11 is 0. The molecule has 0 aliphatic heterocycles. The number of aromatic nitrogens is 2. The van der Waals surface area contributed by atoms with E-state index in [1.807, 2.05) is 6.07 Å². The highest BCUT2D eigenvalue weighted by Gasteiger charge is 2.10. The lowest BCUT2D eigenvalue weighted by Gasteiger charge is -2.09. The molecule has 2 rings (SSSR count). The van der Waals surface area contributed by atoms with E-state index >= 15 is 0 Å². The van der Waals surface area contributed by atoms with E-state index in [-0.39, 0.29) is 12.3 Å². The summed E-state index contributed by atoms with van der Waals surface area (Å²) in [6, 6.07) is 8.70. The van der Waals surface area contributed by atoms with Gasteiger partial charge in [0.05, 0.1) is 0 Å². The van der Waals surface area contributed by atoms with Gasteiger partial charge in [-0.2, -0.15) is 5.10 Å². The van der Waals surface area contributed by atoms with Gasteiger partial charge in [0.25, 0.3) is 5.91 Å². The number of carboxylic acid groups (broad SMARTS) is 1. The van der Waals surface area contributed by atoms with Crippen molar-refractivity contribution in [1.82, 2.24) is 10.2 Å². The van der Waals surface area contributed by atoms with Gasteiger partial charge >= 0.3 is 5.97 Å². The van der Waals surface area contributed by atoms with Gasteiger partial charge in [0.1, 0.15) is 5.69 Å². The molecule has 6 heteroatoms. The van der Waals surface area contributed by atoms with E-state index in [1.54, 1.807) is 24.3 Å². The lowest BCUT2D eigenvalue weighted by atomic mass is 10.1. The smallest absolute Gasteiger partial charge is 0.303 e. The second-order valence-corrected chi connectivity index (χ2v) is 3.98. The third-order valence-corrected chi connectivity index (χ3v) is 2.62. The lowest BCUT2D eigenvalue weighted by Crippen LogP contribution is -2.14. The van der Waals surface area contributed by atoms with Gasteiger partial charge in [-0.3, -0.25) is 14.7 Å². The number of hydrogen-bond donors (Lipinski definition) is 3. The largest absolute Gasteiger partial charge is 0.481 e. The average molecular weight is 259 g/mol. The molecule has 19 heavy (non-hydrogen) atoms. The van der Waals surface area contributed by atoms with Gasteiger partial charge in [-0.05, 0) is 24.1 Å². The first kappa shape index (κ1) is 12.8. The number of carbonyl (C=O) groups is 2. The van der Waals surface area contributed by atoms with Crippen LogP contribution in [0.25, 0.3) is 0 Å². The van der Waals surface area contributed by atoms with Crippen molar-refractivity contribution in [2.75, 3.05) is 5.32 Å². The normalized spacial score (nSPS) is 10.1. The summed E-state index contributed by atoms with van der Waals surface area (Å²) in [6.45, 7) is 0. The van der Waals surface area contributed by atoms with Crippen molar-refractivity contribution in [3.05, 3.63) is 47.8 Å². The van der Waals surface area contributed by atoms with Crippen LogP contribution < -0.4 is 5.32 Å². The van der Waals surface area contributed by atoms with E-state index in [9.17, 15) is 9.59 Å². The molecule has 1 aromatic heterocycles. The molecule has 1 aromatic carbocycles. The minimum absolute atomic E-state index is 0.0247. The molecule has 0 unspecified atom stereocenters. The van der Waals surface area contributed by atoms with Crippen LogP contribution in [0.5, 0.6) is 0 Å². The Bertz CT molecular complexity index is 579. The number of carbonyl (C=O) groups excluding carboxylic acids is 1. The first-order valence-electron chi connectivity index (χ1n) is 5.77. The molecule has 6 nitrogen and oxygen atoms in total. The van der Waals surface area contributed by atoms with Gasteiger partial charge < -0.3 is 10.4 Å². The van der Waals surface area contributed by atoms with Crippen LogP contribution in [0.2, 0.25) is 0 Å². The maximum atomic E-state index is 11.9. The summed E-state index contributed by atoms with van der Waals surface area (Å²) in [6.07, 6.45) is 1.89. The third kappa shape index (κ3) is 3.41. The minimum Gasteiger partial charge on any atom is -0.481 e. The highest BCUT2D eigenvalue weighted by Crippen LogP contribution is 2.17. The van der Waals surface area contributed by atoms with Gasteiger partial charge in [0.15, 0.2) is 0 Å². The Hall–Kier alpha value is -2.63. The number of aryl methyl sites for hydroxylation is 1. The number of amides is 1. The zero-order valence-corrected chi connectivity index (χ0v) is 10.1. The molecule has 0 fully saturated rings. The van der Waals surface area contributed by atoms with Crippen molar-refractivity contribution in [2.45, 2.75) is 12.8 Å². The van der Waals surface area contributed by atoms with E-state index in [1.165, 1.54) is 6.20 Å². The number of benzene rings is 1. The first-order valence-corrected chi connectivity index (χ1v) is 5.77. The van der Waals surface area contributed by atoms with Gasteiger partial charge in [-0.15, -0.1) is 0 Å². The van der Waals surface area contributed by atoms with E-state index in [4.69, 9.17) is 5.11 Å². The minimum atomic E-state index is -0.866. The molecular weight excluding hydrogens is 246 g/mol. The lowest BCUT2D eigenvalue weighted by molar-refractivity contribution is -0.136. The number of H-pyrrole nitrogens is 1. The standard InChI is InChI=1S/C13H13N3O3/c17-12(18)6-5-9-3-1-2-4-10(9)15-13(19)11-7-8-14-16-11/h1-4,7-8H,5-6H2,(H,14,16)(H,15,19)(H,17,18). The predicted molar refractivity (Wildman–Crippen MR) is 68.9 cm³/mol. The highest BCUT2D eigenvalue weighted by molar-refractivity contribution is 6.03. The van der Waals surface area contributed by atoms with Crippen LogP contribution in [-0.2, 0) is 11.2 Å². The number of aliphatic carboxylic acids is 1. The van der Waals surface area contributed by atoms with Crippen LogP contribution >= 0.6 is 0 Å². The number of carboxylic acids is 1. The number of nitrogens with one attached hydrogen (secondary N) is 2. The summed E-state index contributed by atoms with van der Waals surface area (Å²) in [7, 11) is 0. The van der Waals surface area contributed by atoms with Crippen LogP contribution in [0, 0.1) is 0 Å². The number of para-hydroxylation sites is 1. The first-order chi connectivity index (χ1) is 9.16. The SMILES string of the molecule is O=C(O)CCc1ccccc1NC(=O)c1ccn[nH]1. The Morgan fingerprint density at radius 2 is 2.05 bits per heavy atom. The maximum Gasteiger partial charge on any atom is 0.303 e. The van der Waals surface area contributed by atoms with E-state index in [0.717, 1.165) is 5.56 Å². The zero-order valence-electron chi connectivity index (χ0n) is 10.1. The van der Waals surface area contributed by atoms with Gasteiger partial charge in [0, 0.05) is 18.3 Å².